The Morgan fingerprint density at radius 1 is 1.03 bits per heavy atom. The number of rotatable bonds is 13. The Morgan fingerprint density at radius 2 is 1.72 bits per heavy atom. The highest BCUT2D eigenvalue weighted by atomic mass is 16.6. The molecule has 1 heterocycles. The van der Waals surface area contributed by atoms with Gasteiger partial charge in [0.05, 0.1) is 18.8 Å². The molecule has 8 heteroatoms. The minimum Gasteiger partial charge on any atom is -0.487 e. The van der Waals surface area contributed by atoms with Crippen LogP contribution in [-0.4, -0.2) is 71.6 Å². The number of aryl methyl sites for hydroxylation is 1. The van der Waals surface area contributed by atoms with E-state index in [9.17, 15) is 9.59 Å². The number of carbonyl (C=O) groups excluding carboxylic acids is 2. The molecule has 162 valence electrons. The fourth-order valence-corrected chi connectivity index (χ4v) is 3.06. The van der Waals surface area contributed by atoms with Gasteiger partial charge in [0.25, 0.3) is 0 Å². The summed E-state index contributed by atoms with van der Waals surface area (Å²) in [7, 11) is 3.16. The van der Waals surface area contributed by atoms with Crippen LogP contribution in [0.2, 0.25) is 0 Å². The number of carbonyl (C=O) groups is 2. The van der Waals surface area contributed by atoms with Gasteiger partial charge in [-0.1, -0.05) is 13.0 Å². The molecule has 0 aromatic heterocycles. The average molecular weight is 409 g/mol. The van der Waals surface area contributed by atoms with Gasteiger partial charge in [0, 0.05) is 14.2 Å². The van der Waals surface area contributed by atoms with Gasteiger partial charge in [0.2, 0.25) is 5.78 Å². The molecule has 0 spiro atoms. The second kappa shape index (κ2) is 12.4. The van der Waals surface area contributed by atoms with Gasteiger partial charge in [-0.05, 0) is 37.4 Å². The Kier molecular flexibility index (Phi) is 9.90. The van der Waals surface area contributed by atoms with E-state index in [-0.39, 0.29) is 25.0 Å². The first kappa shape index (κ1) is 23.1. The Labute approximate surface area is 171 Å². The smallest absolute Gasteiger partial charge is 0.323 e. The van der Waals surface area contributed by atoms with Crippen molar-refractivity contribution in [1.82, 2.24) is 5.32 Å². The average Bonchev–Trinajstić information content (AvgIpc) is 3.27. The van der Waals surface area contributed by atoms with Crippen molar-refractivity contribution in [2.24, 2.45) is 0 Å². The summed E-state index contributed by atoms with van der Waals surface area (Å²) < 4.78 is 27.0. The summed E-state index contributed by atoms with van der Waals surface area (Å²) in [5, 5.41) is 3.06. The third kappa shape index (κ3) is 6.69. The zero-order valence-corrected chi connectivity index (χ0v) is 17.5. The van der Waals surface area contributed by atoms with Crippen molar-refractivity contribution in [1.29, 1.82) is 0 Å². The van der Waals surface area contributed by atoms with Crippen LogP contribution in [0.1, 0.15) is 35.7 Å². The standard InChI is InChI=1S/C21H31NO7/c1-4-15-7-8-16(18(23)14-29-21(24)17-6-5-9-22-17)20(28-13-11-26-3)19(15)27-12-10-25-2/h7-8,17,22H,4-6,9-14H2,1-3H3. The van der Waals surface area contributed by atoms with Gasteiger partial charge in [0.15, 0.2) is 18.1 Å². The molecule has 0 saturated carbocycles. The maximum absolute atomic E-state index is 12.8. The van der Waals surface area contributed by atoms with Crippen LogP contribution < -0.4 is 14.8 Å². The lowest BCUT2D eigenvalue weighted by molar-refractivity contribution is -0.144. The fourth-order valence-electron chi connectivity index (χ4n) is 3.06. The summed E-state index contributed by atoms with van der Waals surface area (Å²) in [6.07, 6.45) is 2.35. The number of esters is 1. The van der Waals surface area contributed by atoms with E-state index in [0.29, 0.717) is 43.3 Å². The molecule has 8 nitrogen and oxygen atoms in total. The predicted molar refractivity (Wildman–Crippen MR) is 107 cm³/mol. The second-order valence-corrected chi connectivity index (χ2v) is 6.65. The van der Waals surface area contributed by atoms with E-state index in [1.165, 1.54) is 0 Å². The first-order valence-electron chi connectivity index (χ1n) is 9.94. The molecule has 1 N–H and O–H groups in total. The van der Waals surface area contributed by atoms with E-state index in [0.717, 1.165) is 24.9 Å². The highest BCUT2D eigenvalue weighted by Gasteiger charge is 2.26. The second-order valence-electron chi connectivity index (χ2n) is 6.65. The summed E-state index contributed by atoms with van der Waals surface area (Å²) in [5.41, 5.74) is 1.23. The van der Waals surface area contributed by atoms with Crippen LogP contribution in [0.25, 0.3) is 0 Å². The molecular weight excluding hydrogens is 378 g/mol. The van der Waals surface area contributed by atoms with Gasteiger partial charge in [-0.15, -0.1) is 0 Å². The van der Waals surface area contributed by atoms with Gasteiger partial charge in [-0.2, -0.15) is 0 Å². The third-order valence-corrected chi connectivity index (χ3v) is 4.63. The molecule has 29 heavy (non-hydrogen) atoms. The Bertz CT molecular complexity index is 671. The molecule has 1 fully saturated rings. The molecule has 0 aliphatic carbocycles. The van der Waals surface area contributed by atoms with Crippen LogP contribution in [-0.2, 0) is 25.4 Å². The van der Waals surface area contributed by atoms with E-state index in [1.54, 1.807) is 20.3 Å². The first-order valence-corrected chi connectivity index (χ1v) is 9.94. The van der Waals surface area contributed by atoms with Crippen molar-refractivity contribution in [3.63, 3.8) is 0 Å². The number of methoxy groups -OCH3 is 2. The van der Waals surface area contributed by atoms with E-state index >= 15 is 0 Å². The molecule has 1 aliphatic rings. The molecule has 0 bridgehead atoms. The lowest BCUT2D eigenvalue weighted by Gasteiger charge is -2.19. The molecule has 1 saturated heterocycles. The summed E-state index contributed by atoms with van der Waals surface area (Å²) in [5.74, 6) is 0.107. The molecule has 1 atom stereocenters. The van der Waals surface area contributed by atoms with E-state index in [2.05, 4.69) is 5.32 Å². The topological polar surface area (TPSA) is 92.3 Å². The lowest BCUT2D eigenvalue weighted by atomic mass is 10.0. The van der Waals surface area contributed by atoms with Crippen LogP contribution in [0, 0.1) is 0 Å². The van der Waals surface area contributed by atoms with Crippen molar-refractivity contribution in [3.05, 3.63) is 23.3 Å². The van der Waals surface area contributed by atoms with E-state index in [4.69, 9.17) is 23.7 Å². The number of ketones is 1. The fraction of sp³-hybridized carbons (Fsp3) is 0.619. The van der Waals surface area contributed by atoms with E-state index < -0.39 is 5.97 Å². The van der Waals surface area contributed by atoms with Gasteiger partial charge in [0.1, 0.15) is 19.3 Å². The number of ether oxygens (including phenoxy) is 5. The number of hydrogen-bond acceptors (Lipinski definition) is 8. The Morgan fingerprint density at radius 3 is 2.31 bits per heavy atom. The minimum absolute atomic E-state index is 0.260. The van der Waals surface area contributed by atoms with Crippen LogP contribution in [0.4, 0.5) is 0 Å². The Hall–Kier alpha value is -2.16. The highest BCUT2D eigenvalue weighted by Crippen LogP contribution is 2.36. The summed E-state index contributed by atoms with van der Waals surface area (Å²) >= 11 is 0. The number of hydrogen-bond donors (Lipinski definition) is 1. The minimum atomic E-state index is -0.403. The largest absolute Gasteiger partial charge is 0.487 e. The first-order chi connectivity index (χ1) is 14.1. The zero-order valence-electron chi connectivity index (χ0n) is 17.5. The van der Waals surface area contributed by atoms with Crippen LogP contribution >= 0.6 is 0 Å². The summed E-state index contributed by atoms with van der Waals surface area (Å²) in [6.45, 7) is 3.79. The van der Waals surface area contributed by atoms with Gasteiger partial charge in [-0.25, -0.2) is 0 Å². The summed E-state index contributed by atoms with van der Waals surface area (Å²) in [6, 6.07) is 3.18. The summed E-state index contributed by atoms with van der Waals surface area (Å²) in [4.78, 5) is 24.9. The maximum atomic E-state index is 12.8. The number of benzene rings is 1. The maximum Gasteiger partial charge on any atom is 0.323 e. The van der Waals surface area contributed by atoms with Crippen molar-refractivity contribution < 1.29 is 33.3 Å². The normalized spacial score (nSPS) is 15.9. The molecule has 1 aliphatic heterocycles. The third-order valence-electron chi connectivity index (χ3n) is 4.63. The monoisotopic (exact) mass is 409 g/mol. The molecule has 0 radical (unpaired) electrons. The van der Waals surface area contributed by atoms with Crippen LogP contribution in [0.3, 0.4) is 0 Å². The molecule has 1 aromatic rings. The van der Waals surface area contributed by atoms with Gasteiger partial charge in [-0.3, -0.25) is 9.59 Å². The molecular formula is C21H31NO7. The van der Waals surface area contributed by atoms with Crippen LogP contribution in [0.5, 0.6) is 11.5 Å². The predicted octanol–water partition coefficient (Wildman–Crippen LogP) is 1.78. The zero-order chi connectivity index (χ0) is 21.1. The van der Waals surface area contributed by atoms with Gasteiger partial charge < -0.3 is 29.0 Å². The van der Waals surface area contributed by atoms with Gasteiger partial charge >= 0.3 is 5.97 Å². The van der Waals surface area contributed by atoms with Crippen molar-refractivity contribution in [3.8, 4) is 11.5 Å². The molecule has 1 aromatic carbocycles. The number of nitrogens with one attached hydrogen (secondary N) is 1. The van der Waals surface area contributed by atoms with E-state index in [1.807, 2.05) is 13.0 Å². The number of Topliss-reactive ketones (excluding diaryl/α,β-unsaturated/α-hetero) is 1. The van der Waals surface area contributed by atoms with Crippen molar-refractivity contribution in [2.75, 3.05) is 53.8 Å². The molecule has 1 unspecified atom stereocenters. The van der Waals surface area contributed by atoms with Crippen LogP contribution in [0.15, 0.2) is 12.1 Å². The molecule has 0 amide bonds. The van der Waals surface area contributed by atoms with Crippen molar-refractivity contribution >= 4 is 11.8 Å². The highest BCUT2D eigenvalue weighted by molar-refractivity contribution is 6.01. The van der Waals surface area contributed by atoms with Crippen molar-refractivity contribution in [2.45, 2.75) is 32.2 Å². The quantitative estimate of drug-likeness (QED) is 0.299. The molecule has 2 rings (SSSR count). The lowest BCUT2D eigenvalue weighted by Crippen LogP contribution is -2.33. The SMILES string of the molecule is CCc1ccc(C(=O)COC(=O)C2CCCN2)c(OCCOC)c1OCCOC. The Balaban J connectivity index is 2.18.